The summed E-state index contributed by atoms with van der Waals surface area (Å²) in [6, 6.07) is 0. The maximum Gasteiger partial charge on any atom is -0.0142 e. The summed E-state index contributed by atoms with van der Waals surface area (Å²) in [7, 11) is 0. The van der Waals surface area contributed by atoms with Crippen molar-refractivity contribution in [3.63, 3.8) is 0 Å². The maximum atomic E-state index is 3.68. The largest absolute Gasteiger partial charge is 0.103 e. The molecule has 0 heterocycles. The quantitative estimate of drug-likeness (QED) is 0.477. The van der Waals surface area contributed by atoms with Crippen LogP contribution in [0.15, 0.2) is 24.3 Å². The fourth-order valence-electron chi connectivity index (χ4n) is 1.11. The van der Waals surface area contributed by atoms with Crippen LogP contribution in [0.25, 0.3) is 0 Å². The van der Waals surface area contributed by atoms with Crippen LogP contribution >= 0.6 is 0 Å². The van der Waals surface area contributed by atoms with Gasteiger partial charge in [0.1, 0.15) is 0 Å². The first-order valence-electron chi connectivity index (χ1n) is 3.22. The smallest absolute Gasteiger partial charge is 0.0142 e. The average molecular weight is 108 g/mol. The van der Waals surface area contributed by atoms with Crippen molar-refractivity contribution in [3.8, 4) is 0 Å². The molecule has 1 rings (SSSR count). The summed E-state index contributed by atoms with van der Waals surface area (Å²) in [6.45, 7) is 3.68. The van der Waals surface area contributed by atoms with Crippen LogP contribution in [-0.2, 0) is 0 Å². The second kappa shape index (κ2) is 2.71. The fourth-order valence-corrected chi connectivity index (χ4v) is 1.11. The highest BCUT2D eigenvalue weighted by Crippen LogP contribution is 2.20. The van der Waals surface area contributed by atoms with Gasteiger partial charge in [-0.1, -0.05) is 17.7 Å². The molecule has 0 heteroatoms. The van der Waals surface area contributed by atoms with Gasteiger partial charge in [-0.3, -0.25) is 0 Å². The van der Waals surface area contributed by atoms with Crippen LogP contribution in [-0.4, -0.2) is 0 Å². The first-order chi connectivity index (χ1) is 3.93. The van der Waals surface area contributed by atoms with Crippen molar-refractivity contribution in [2.45, 2.75) is 25.7 Å². The lowest BCUT2D eigenvalue weighted by atomic mass is 10.2. The van der Waals surface area contributed by atoms with E-state index >= 15 is 0 Å². The highest BCUT2D eigenvalue weighted by atomic mass is 14.1. The van der Waals surface area contributed by atoms with Crippen molar-refractivity contribution < 1.29 is 0 Å². The Morgan fingerprint density at radius 2 is 2.62 bits per heavy atom. The molecule has 8 heavy (non-hydrogen) atoms. The Balaban J connectivity index is 2.33. The molecule has 0 saturated heterocycles. The van der Waals surface area contributed by atoms with Crippen molar-refractivity contribution in [2.75, 3.05) is 0 Å². The van der Waals surface area contributed by atoms with E-state index in [1.807, 2.05) is 6.08 Å². The number of hydrogen-bond donors (Lipinski definition) is 0. The average Bonchev–Trinajstić information content (AvgIpc) is 2.19. The molecule has 1 aliphatic rings. The molecule has 0 saturated carbocycles. The lowest BCUT2D eigenvalue weighted by Crippen LogP contribution is -1.70. The van der Waals surface area contributed by atoms with Crippen LogP contribution in [0.1, 0.15) is 25.7 Å². The van der Waals surface area contributed by atoms with Crippen LogP contribution in [0, 0.1) is 0 Å². The van der Waals surface area contributed by atoms with E-state index in [1.165, 1.54) is 19.3 Å². The minimum Gasteiger partial charge on any atom is -0.103 e. The van der Waals surface area contributed by atoms with Gasteiger partial charge >= 0.3 is 0 Å². The van der Waals surface area contributed by atoms with Gasteiger partial charge in [-0.2, -0.15) is 0 Å². The number of hydrogen-bond acceptors (Lipinski definition) is 0. The third-order valence-electron chi connectivity index (χ3n) is 1.54. The van der Waals surface area contributed by atoms with E-state index in [0.717, 1.165) is 6.42 Å². The van der Waals surface area contributed by atoms with Crippen molar-refractivity contribution in [1.29, 1.82) is 0 Å². The van der Waals surface area contributed by atoms with Crippen molar-refractivity contribution in [3.05, 3.63) is 24.3 Å². The standard InChI is InChI=1S/C8H12/c1-2-5-8-6-3-4-7-8/h2,6H,1,3-5,7H2. The van der Waals surface area contributed by atoms with Crippen molar-refractivity contribution in [2.24, 2.45) is 0 Å². The van der Waals surface area contributed by atoms with Crippen LogP contribution in [0.4, 0.5) is 0 Å². The summed E-state index contributed by atoms with van der Waals surface area (Å²) in [5.41, 5.74) is 1.58. The van der Waals surface area contributed by atoms with E-state index in [1.54, 1.807) is 5.57 Å². The topological polar surface area (TPSA) is 0 Å². The third kappa shape index (κ3) is 1.22. The molecule has 0 amide bonds. The minimum absolute atomic E-state index is 1.11. The highest BCUT2D eigenvalue weighted by molar-refractivity contribution is 5.10. The van der Waals surface area contributed by atoms with Gasteiger partial charge in [-0.15, -0.1) is 6.58 Å². The zero-order valence-corrected chi connectivity index (χ0v) is 5.19. The number of rotatable bonds is 2. The molecule has 0 aromatic heterocycles. The Morgan fingerprint density at radius 3 is 3.12 bits per heavy atom. The SMILES string of the molecule is C=CCC1=CCCC1. The molecular formula is C8H12. The summed E-state index contributed by atoms with van der Waals surface area (Å²) in [6.07, 6.45) is 9.40. The van der Waals surface area contributed by atoms with Gasteiger partial charge in [-0.05, 0) is 25.7 Å². The first-order valence-corrected chi connectivity index (χ1v) is 3.22. The predicted octanol–water partition coefficient (Wildman–Crippen LogP) is 2.67. The van der Waals surface area contributed by atoms with Gasteiger partial charge < -0.3 is 0 Å². The Hall–Kier alpha value is -0.520. The Bertz CT molecular complexity index is 109. The third-order valence-corrected chi connectivity index (χ3v) is 1.54. The lowest BCUT2D eigenvalue weighted by molar-refractivity contribution is 0.893. The molecule has 0 atom stereocenters. The van der Waals surface area contributed by atoms with Gasteiger partial charge in [0.2, 0.25) is 0 Å². The minimum atomic E-state index is 1.11. The van der Waals surface area contributed by atoms with E-state index in [-0.39, 0.29) is 0 Å². The highest BCUT2D eigenvalue weighted by Gasteiger charge is 2.00. The van der Waals surface area contributed by atoms with E-state index in [4.69, 9.17) is 0 Å². The summed E-state index contributed by atoms with van der Waals surface area (Å²) in [5.74, 6) is 0. The van der Waals surface area contributed by atoms with Gasteiger partial charge in [0.15, 0.2) is 0 Å². The Morgan fingerprint density at radius 1 is 1.75 bits per heavy atom. The summed E-state index contributed by atoms with van der Waals surface area (Å²) >= 11 is 0. The molecule has 0 aliphatic heterocycles. The summed E-state index contributed by atoms with van der Waals surface area (Å²) in [5, 5.41) is 0. The van der Waals surface area contributed by atoms with Gasteiger partial charge in [-0.25, -0.2) is 0 Å². The zero-order chi connectivity index (χ0) is 5.82. The molecule has 0 N–H and O–H groups in total. The Kier molecular flexibility index (Phi) is 1.90. The van der Waals surface area contributed by atoms with Crippen molar-refractivity contribution >= 4 is 0 Å². The van der Waals surface area contributed by atoms with Gasteiger partial charge in [0, 0.05) is 0 Å². The first kappa shape index (κ1) is 5.61. The summed E-state index contributed by atoms with van der Waals surface area (Å²) in [4.78, 5) is 0. The van der Waals surface area contributed by atoms with E-state index in [0.29, 0.717) is 0 Å². The molecule has 1 aliphatic carbocycles. The molecular weight excluding hydrogens is 96.1 g/mol. The van der Waals surface area contributed by atoms with Crippen LogP contribution < -0.4 is 0 Å². The van der Waals surface area contributed by atoms with Crippen LogP contribution in [0.3, 0.4) is 0 Å². The zero-order valence-electron chi connectivity index (χ0n) is 5.19. The second-order valence-corrected chi connectivity index (χ2v) is 2.25. The molecule has 0 spiro atoms. The monoisotopic (exact) mass is 108 g/mol. The summed E-state index contributed by atoms with van der Waals surface area (Å²) < 4.78 is 0. The molecule has 44 valence electrons. The molecule has 0 radical (unpaired) electrons. The number of allylic oxidation sites excluding steroid dienone is 3. The molecule has 0 nitrogen and oxygen atoms in total. The molecule has 0 fully saturated rings. The van der Waals surface area contributed by atoms with Gasteiger partial charge in [0.05, 0.1) is 0 Å². The van der Waals surface area contributed by atoms with Gasteiger partial charge in [0.25, 0.3) is 0 Å². The van der Waals surface area contributed by atoms with Crippen molar-refractivity contribution in [1.82, 2.24) is 0 Å². The normalized spacial score (nSPS) is 18.2. The molecule has 0 unspecified atom stereocenters. The van der Waals surface area contributed by atoms with E-state index < -0.39 is 0 Å². The molecule has 0 aromatic rings. The fraction of sp³-hybridized carbons (Fsp3) is 0.500. The van der Waals surface area contributed by atoms with E-state index in [2.05, 4.69) is 12.7 Å². The Labute approximate surface area is 50.9 Å². The lowest BCUT2D eigenvalue weighted by Gasteiger charge is -1.90. The van der Waals surface area contributed by atoms with E-state index in [9.17, 15) is 0 Å². The molecule has 0 aromatic carbocycles. The second-order valence-electron chi connectivity index (χ2n) is 2.25. The van der Waals surface area contributed by atoms with Crippen LogP contribution in [0.2, 0.25) is 0 Å². The predicted molar refractivity (Wildman–Crippen MR) is 36.7 cm³/mol. The molecule has 0 bridgehead atoms. The maximum absolute atomic E-state index is 3.68. The van der Waals surface area contributed by atoms with Crippen LogP contribution in [0.5, 0.6) is 0 Å².